The molecule has 37 heavy (non-hydrogen) atoms. The molecule has 0 bridgehead atoms. The lowest BCUT2D eigenvalue weighted by Gasteiger charge is -2.42. The van der Waals surface area contributed by atoms with Crippen LogP contribution in [-0.4, -0.2) is 66.8 Å². The number of benzene rings is 1. The van der Waals surface area contributed by atoms with Gasteiger partial charge >= 0.3 is 0 Å². The Labute approximate surface area is 233 Å². The normalized spacial score (nSPS) is 24.3. The van der Waals surface area contributed by atoms with Crippen molar-refractivity contribution < 1.29 is 23.1 Å². The van der Waals surface area contributed by atoms with E-state index in [4.69, 9.17) is 18.3 Å². The van der Waals surface area contributed by atoms with Gasteiger partial charge in [-0.2, -0.15) is 0 Å². The van der Waals surface area contributed by atoms with Gasteiger partial charge in [0.25, 0.3) is 0 Å². The van der Waals surface area contributed by atoms with E-state index in [9.17, 15) is 4.79 Å². The number of carbonyl (C=O) groups is 1. The van der Waals surface area contributed by atoms with Crippen molar-refractivity contribution in [3.63, 3.8) is 0 Å². The lowest BCUT2D eigenvalue weighted by Crippen LogP contribution is -2.49. The third-order valence-corrected chi connectivity index (χ3v) is 18.8. The summed E-state index contributed by atoms with van der Waals surface area (Å²) in [5.74, 6) is 0.964. The first-order valence-corrected chi connectivity index (χ1v) is 20.4. The van der Waals surface area contributed by atoms with Crippen LogP contribution in [0, 0.1) is 5.92 Å². The Kier molecular flexibility index (Phi) is 11.7. The van der Waals surface area contributed by atoms with Crippen LogP contribution in [0.2, 0.25) is 36.3 Å². The first kappa shape index (κ1) is 32.7. The molecule has 0 aromatic heterocycles. The molecule has 1 fully saturated rings. The lowest BCUT2D eigenvalue weighted by atomic mass is 9.94. The average molecular weight is 569 g/mol. The van der Waals surface area contributed by atoms with Gasteiger partial charge in [0, 0.05) is 36.5 Å². The number of ether oxygens (including phenoxy) is 2. The third-order valence-electron chi connectivity index (χ3n) is 8.60. The average Bonchev–Trinajstić information content (AvgIpc) is 3.11. The minimum absolute atomic E-state index is 0.0879. The fourth-order valence-electron chi connectivity index (χ4n) is 4.16. The molecule has 0 N–H and O–H groups in total. The number of aldehydes is 1. The Morgan fingerprint density at radius 2 is 1.57 bits per heavy atom. The molecule has 1 unspecified atom stereocenters. The molecule has 1 aliphatic heterocycles. The molecule has 0 saturated carbocycles. The van der Waals surface area contributed by atoms with Crippen molar-refractivity contribution in [1.82, 2.24) is 0 Å². The predicted molar refractivity (Wildman–Crippen MR) is 161 cm³/mol. The van der Waals surface area contributed by atoms with Crippen LogP contribution in [0.4, 0.5) is 0 Å². The second kappa shape index (κ2) is 13.2. The number of carbonyl (C=O) groups excluding carboxylic acids is 1. The molecular weight excluding hydrogens is 517 g/mol. The molecule has 1 aromatic carbocycles. The molecule has 5 atom stereocenters. The Bertz CT molecular complexity index is 835. The molecule has 0 amide bonds. The maximum absolute atomic E-state index is 11.5. The van der Waals surface area contributed by atoms with Gasteiger partial charge in [-0.15, -0.1) is 11.8 Å². The van der Waals surface area contributed by atoms with E-state index in [1.807, 2.05) is 6.07 Å². The largest absolute Gasteiger partial charge is 0.414 e. The Morgan fingerprint density at radius 3 is 2.08 bits per heavy atom. The highest BCUT2D eigenvalue weighted by Gasteiger charge is 2.47. The summed E-state index contributed by atoms with van der Waals surface area (Å²) in [6, 6.07) is 10.4. The smallest absolute Gasteiger partial charge is 0.192 e. The zero-order valence-electron chi connectivity index (χ0n) is 25.1. The summed E-state index contributed by atoms with van der Waals surface area (Å²) in [6.07, 6.45) is 1.57. The van der Waals surface area contributed by atoms with Crippen LogP contribution in [0.25, 0.3) is 0 Å². The topological polar surface area (TPSA) is 54.0 Å². The molecule has 0 aliphatic carbocycles. The second-order valence-corrected chi connectivity index (χ2v) is 24.1. The zero-order chi connectivity index (χ0) is 28.1. The molecule has 1 aromatic rings. The van der Waals surface area contributed by atoms with Crippen LogP contribution >= 0.6 is 11.8 Å². The Balaban J connectivity index is 2.24. The second-order valence-electron chi connectivity index (χ2n) is 13.4. The molecule has 1 aliphatic rings. The molecule has 212 valence electrons. The van der Waals surface area contributed by atoms with Crippen molar-refractivity contribution in [2.45, 2.75) is 120 Å². The van der Waals surface area contributed by atoms with Gasteiger partial charge in [0.1, 0.15) is 6.29 Å². The van der Waals surface area contributed by atoms with E-state index in [0.717, 1.165) is 12.0 Å². The first-order chi connectivity index (χ1) is 17.0. The summed E-state index contributed by atoms with van der Waals surface area (Å²) >= 11 is 1.80. The SMILES string of the molecule is CO[C@@H]1[C@@H](CSc2ccccc2)[C@H](CC=O)O[C@@H]1CC(CO[Si](C)(C)C(C)(C)C)O[Si](C)(C)C(C)(C)C. The van der Waals surface area contributed by atoms with Crippen molar-refractivity contribution in [2.75, 3.05) is 19.5 Å². The van der Waals surface area contributed by atoms with Gasteiger partial charge in [0.15, 0.2) is 16.6 Å². The van der Waals surface area contributed by atoms with Gasteiger partial charge < -0.3 is 23.1 Å². The van der Waals surface area contributed by atoms with Crippen molar-refractivity contribution in [1.29, 1.82) is 0 Å². The highest BCUT2D eigenvalue weighted by molar-refractivity contribution is 7.99. The van der Waals surface area contributed by atoms with Crippen LogP contribution in [0.15, 0.2) is 35.2 Å². The summed E-state index contributed by atoms with van der Waals surface area (Å²) in [5.41, 5.74) is 0. The standard InChI is InChI=1S/C29H52O5SSi2/c1-28(2,3)36(8,9)32-20-22(34-37(10,11)29(4,5)6)19-26-27(31-7)24(25(33-26)17-18-30)21-35-23-15-13-12-14-16-23/h12-16,18,22,24-27H,17,19-21H2,1-11H3/t22?,24-,25-,26+,27+/m0/s1. The van der Waals surface area contributed by atoms with Gasteiger partial charge in [0.05, 0.1) is 31.0 Å². The van der Waals surface area contributed by atoms with Crippen LogP contribution in [-0.2, 0) is 23.1 Å². The minimum Gasteiger partial charge on any atom is -0.414 e. The van der Waals surface area contributed by atoms with Gasteiger partial charge in [-0.05, 0) is 48.4 Å². The van der Waals surface area contributed by atoms with Gasteiger partial charge in [-0.25, -0.2) is 0 Å². The van der Waals surface area contributed by atoms with Crippen molar-refractivity contribution in [2.24, 2.45) is 5.92 Å². The van der Waals surface area contributed by atoms with E-state index >= 15 is 0 Å². The highest BCUT2D eigenvalue weighted by atomic mass is 32.2. The monoisotopic (exact) mass is 568 g/mol. The minimum atomic E-state index is -2.04. The number of methoxy groups -OCH3 is 1. The summed E-state index contributed by atoms with van der Waals surface area (Å²) in [7, 11) is -2.23. The highest BCUT2D eigenvalue weighted by Crippen LogP contribution is 2.42. The number of thioether (sulfide) groups is 1. The van der Waals surface area contributed by atoms with Crippen molar-refractivity contribution in [3.8, 4) is 0 Å². The summed E-state index contributed by atoms with van der Waals surface area (Å²) in [6.45, 7) is 23.3. The van der Waals surface area contributed by atoms with E-state index < -0.39 is 16.6 Å². The Hall–Kier alpha value is -0.486. The number of rotatable bonds is 13. The van der Waals surface area contributed by atoms with Crippen LogP contribution in [0.1, 0.15) is 54.4 Å². The summed E-state index contributed by atoms with van der Waals surface area (Å²) in [4.78, 5) is 12.8. The molecule has 1 heterocycles. The van der Waals surface area contributed by atoms with Crippen LogP contribution in [0.5, 0.6) is 0 Å². The first-order valence-electron chi connectivity index (χ1n) is 13.6. The van der Waals surface area contributed by atoms with E-state index in [-0.39, 0.29) is 40.4 Å². The predicted octanol–water partition coefficient (Wildman–Crippen LogP) is 7.57. The molecule has 1 saturated heterocycles. The quantitative estimate of drug-likeness (QED) is 0.139. The summed E-state index contributed by atoms with van der Waals surface area (Å²) < 4.78 is 26.3. The number of hydrogen-bond donors (Lipinski definition) is 0. The van der Waals surface area contributed by atoms with Gasteiger partial charge in [0.2, 0.25) is 0 Å². The van der Waals surface area contributed by atoms with Crippen LogP contribution in [0.3, 0.4) is 0 Å². The van der Waals surface area contributed by atoms with E-state index in [2.05, 4.69) is 92.0 Å². The number of hydrogen-bond acceptors (Lipinski definition) is 6. The van der Waals surface area contributed by atoms with E-state index in [1.54, 1.807) is 18.9 Å². The molecule has 0 radical (unpaired) electrons. The third kappa shape index (κ3) is 9.02. The van der Waals surface area contributed by atoms with Crippen molar-refractivity contribution in [3.05, 3.63) is 30.3 Å². The molecule has 8 heteroatoms. The molecule has 2 rings (SSSR count). The zero-order valence-corrected chi connectivity index (χ0v) is 27.9. The lowest BCUT2D eigenvalue weighted by molar-refractivity contribution is -0.111. The van der Waals surface area contributed by atoms with Gasteiger partial charge in [-0.1, -0.05) is 59.7 Å². The molecule has 5 nitrogen and oxygen atoms in total. The Morgan fingerprint density at radius 1 is 0.973 bits per heavy atom. The maximum atomic E-state index is 11.5. The van der Waals surface area contributed by atoms with E-state index in [0.29, 0.717) is 19.4 Å². The molecular formula is C29H52O5SSi2. The van der Waals surface area contributed by atoms with Gasteiger partial charge in [-0.3, -0.25) is 0 Å². The van der Waals surface area contributed by atoms with Crippen molar-refractivity contribution >= 4 is 34.7 Å². The fourth-order valence-corrected chi connectivity index (χ4v) is 7.69. The molecule has 0 spiro atoms. The fraction of sp³-hybridized carbons (Fsp3) is 0.759. The van der Waals surface area contributed by atoms with Crippen LogP contribution < -0.4 is 0 Å². The summed E-state index contributed by atoms with van der Waals surface area (Å²) in [5, 5.41) is 0.219. The maximum Gasteiger partial charge on any atom is 0.192 e. The van der Waals surface area contributed by atoms with E-state index in [1.165, 1.54) is 4.90 Å².